The molecule has 0 amide bonds. The predicted molar refractivity (Wildman–Crippen MR) is 53.1 cm³/mol. The number of carboxylic acid groups (broad SMARTS) is 1. The molecular weight excluding hydrogens is 194 g/mol. The van der Waals surface area contributed by atoms with Gasteiger partial charge in [-0.1, -0.05) is 0 Å². The van der Waals surface area contributed by atoms with Crippen molar-refractivity contribution in [3.63, 3.8) is 0 Å². The van der Waals surface area contributed by atoms with Gasteiger partial charge in [0.25, 0.3) is 0 Å². The van der Waals surface area contributed by atoms with Gasteiger partial charge in [-0.05, 0) is 12.0 Å². The summed E-state index contributed by atoms with van der Waals surface area (Å²) in [6.07, 6.45) is 3.71. The van der Waals surface area contributed by atoms with E-state index in [0.29, 0.717) is 5.92 Å². The van der Waals surface area contributed by atoms with Gasteiger partial charge in [0, 0.05) is 25.5 Å². The summed E-state index contributed by atoms with van der Waals surface area (Å²) in [5, 5.41) is 8.58. The number of likely N-dealkylation sites (tertiary alicyclic amines) is 1. The van der Waals surface area contributed by atoms with Crippen LogP contribution >= 0.6 is 0 Å². The van der Waals surface area contributed by atoms with Crippen molar-refractivity contribution in [3.8, 4) is 0 Å². The molecule has 2 rings (SSSR count). The molecule has 0 aromatic carbocycles. The smallest absolute Gasteiger partial charge is 0.303 e. The lowest BCUT2D eigenvalue weighted by molar-refractivity contribution is -0.139. The highest BCUT2D eigenvalue weighted by atomic mass is 16.4. The summed E-state index contributed by atoms with van der Waals surface area (Å²) in [6.45, 7) is 2.39. The first-order chi connectivity index (χ1) is 7.24. The summed E-state index contributed by atoms with van der Waals surface area (Å²) in [7, 11) is 0. The highest BCUT2D eigenvalue weighted by molar-refractivity contribution is 5.67. The molecule has 0 saturated carbocycles. The Hall–Kier alpha value is -1.49. The van der Waals surface area contributed by atoms with Crippen LogP contribution in [0.15, 0.2) is 18.5 Å². The third-order valence-corrected chi connectivity index (χ3v) is 2.48. The van der Waals surface area contributed by atoms with Crippen molar-refractivity contribution in [1.29, 1.82) is 0 Å². The van der Waals surface area contributed by atoms with Gasteiger partial charge in [0.05, 0.1) is 13.0 Å². The number of hydrogen-bond acceptors (Lipinski definition) is 4. The molecule has 0 atom stereocenters. The molecule has 15 heavy (non-hydrogen) atoms. The van der Waals surface area contributed by atoms with Gasteiger partial charge in [-0.25, -0.2) is 9.97 Å². The zero-order chi connectivity index (χ0) is 10.7. The van der Waals surface area contributed by atoms with Crippen molar-refractivity contribution in [3.05, 3.63) is 24.3 Å². The molecule has 1 saturated heterocycles. The molecule has 1 N–H and O–H groups in total. The number of hydrogen-bond donors (Lipinski definition) is 1. The number of carbonyl (C=O) groups is 1. The van der Waals surface area contributed by atoms with Crippen LogP contribution in [0, 0.1) is 5.92 Å². The van der Waals surface area contributed by atoms with E-state index < -0.39 is 5.97 Å². The zero-order valence-electron chi connectivity index (χ0n) is 8.33. The molecular formula is C10H13N3O2. The summed E-state index contributed by atoms with van der Waals surface area (Å²) in [4.78, 5) is 20.8. The van der Waals surface area contributed by atoms with Gasteiger partial charge >= 0.3 is 5.97 Å². The van der Waals surface area contributed by atoms with E-state index in [0.717, 1.165) is 25.5 Å². The second-order valence-electron chi connectivity index (χ2n) is 3.82. The maximum atomic E-state index is 10.4. The van der Waals surface area contributed by atoms with E-state index >= 15 is 0 Å². The molecule has 1 fully saturated rings. The van der Waals surface area contributed by atoms with Crippen LogP contribution in [0.1, 0.15) is 12.2 Å². The highest BCUT2D eigenvalue weighted by Crippen LogP contribution is 2.20. The maximum Gasteiger partial charge on any atom is 0.303 e. The molecule has 5 heteroatoms. The SMILES string of the molecule is O=C(O)CC1CN(Cc2ncccn2)C1. The highest BCUT2D eigenvalue weighted by Gasteiger charge is 2.28. The summed E-state index contributed by atoms with van der Waals surface area (Å²) in [5.41, 5.74) is 0. The largest absolute Gasteiger partial charge is 0.481 e. The molecule has 1 aliphatic heterocycles. The molecule has 0 aliphatic carbocycles. The van der Waals surface area contributed by atoms with Crippen LogP contribution in [0.3, 0.4) is 0 Å². The maximum absolute atomic E-state index is 10.4. The summed E-state index contributed by atoms with van der Waals surface area (Å²) in [5.74, 6) is 0.382. The second-order valence-corrected chi connectivity index (χ2v) is 3.82. The Morgan fingerprint density at radius 2 is 2.13 bits per heavy atom. The lowest BCUT2D eigenvalue weighted by Crippen LogP contribution is -2.46. The molecule has 0 bridgehead atoms. The Morgan fingerprint density at radius 1 is 1.47 bits per heavy atom. The molecule has 1 aromatic heterocycles. The topological polar surface area (TPSA) is 66.3 Å². The molecule has 2 heterocycles. The Balaban J connectivity index is 1.74. The van der Waals surface area contributed by atoms with Crippen molar-refractivity contribution in [2.24, 2.45) is 5.92 Å². The molecule has 0 radical (unpaired) electrons. The molecule has 0 spiro atoms. The normalized spacial score (nSPS) is 17.3. The summed E-state index contributed by atoms with van der Waals surface area (Å²) in [6, 6.07) is 1.78. The van der Waals surface area contributed by atoms with Crippen molar-refractivity contribution >= 4 is 5.97 Å². The van der Waals surface area contributed by atoms with E-state index in [1.165, 1.54) is 0 Å². The van der Waals surface area contributed by atoms with Crippen molar-refractivity contribution in [1.82, 2.24) is 14.9 Å². The fourth-order valence-corrected chi connectivity index (χ4v) is 1.79. The van der Waals surface area contributed by atoms with Crippen LogP contribution in [0.5, 0.6) is 0 Å². The number of aliphatic carboxylic acids is 1. The van der Waals surface area contributed by atoms with Crippen LogP contribution in [-0.4, -0.2) is 39.0 Å². The Morgan fingerprint density at radius 3 is 2.73 bits per heavy atom. The van der Waals surface area contributed by atoms with E-state index in [4.69, 9.17) is 5.11 Å². The van der Waals surface area contributed by atoms with Crippen LogP contribution < -0.4 is 0 Å². The predicted octanol–water partition coefficient (Wildman–Crippen LogP) is 0.383. The van der Waals surface area contributed by atoms with E-state index in [-0.39, 0.29) is 6.42 Å². The van der Waals surface area contributed by atoms with E-state index in [1.807, 2.05) is 0 Å². The van der Waals surface area contributed by atoms with E-state index in [1.54, 1.807) is 18.5 Å². The first-order valence-corrected chi connectivity index (χ1v) is 4.94. The minimum absolute atomic E-state index is 0.270. The summed E-state index contributed by atoms with van der Waals surface area (Å²) >= 11 is 0. The number of carboxylic acids is 1. The van der Waals surface area contributed by atoms with Gasteiger partial charge in [-0.2, -0.15) is 0 Å². The molecule has 5 nitrogen and oxygen atoms in total. The average Bonchev–Trinajstić information content (AvgIpc) is 2.15. The van der Waals surface area contributed by atoms with Gasteiger partial charge in [0.1, 0.15) is 5.82 Å². The third-order valence-electron chi connectivity index (χ3n) is 2.48. The first-order valence-electron chi connectivity index (χ1n) is 4.94. The standard InChI is InChI=1S/C10H13N3O2/c14-10(15)4-8-5-13(6-8)7-9-11-2-1-3-12-9/h1-3,8H,4-7H2,(H,14,15). The fourth-order valence-electron chi connectivity index (χ4n) is 1.79. The minimum Gasteiger partial charge on any atom is -0.481 e. The van der Waals surface area contributed by atoms with Gasteiger partial charge < -0.3 is 5.11 Å². The van der Waals surface area contributed by atoms with Crippen LogP contribution in [0.4, 0.5) is 0 Å². The van der Waals surface area contributed by atoms with Crippen molar-refractivity contribution in [2.45, 2.75) is 13.0 Å². The van der Waals surface area contributed by atoms with Gasteiger partial charge in [-0.15, -0.1) is 0 Å². The van der Waals surface area contributed by atoms with Crippen LogP contribution in [0.2, 0.25) is 0 Å². The van der Waals surface area contributed by atoms with Crippen LogP contribution in [0.25, 0.3) is 0 Å². The van der Waals surface area contributed by atoms with Gasteiger partial charge in [0.2, 0.25) is 0 Å². The Labute approximate surface area is 87.8 Å². The average molecular weight is 207 g/mol. The Bertz CT molecular complexity index is 336. The third kappa shape index (κ3) is 2.73. The lowest BCUT2D eigenvalue weighted by atomic mass is 9.96. The number of rotatable bonds is 4. The molecule has 0 unspecified atom stereocenters. The van der Waals surface area contributed by atoms with Crippen LogP contribution in [-0.2, 0) is 11.3 Å². The minimum atomic E-state index is -0.712. The second kappa shape index (κ2) is 4.35. The Kier molecular flexibility index (Phi) is 2.91. The van der Waals surface area contributed by atoms with Gasteiger partial charge in [-0.3, -0.25) is 9.69 Å². The van der Waals surface area contributed by atoms with Gasteiger partial charge in [0.15, 0.2) is 0 Å². The zero-order valence-corrected chi connectivity index (χ0v) is 8.33. The van der Waals surface area contributed by atoms with E-state index in [2.05, 4.69) is 14.9 Å². The first kappa shape index (κ1) is 10.0. The van der Waals surface area contributed by atoms with E-state index in [9.17, 15) is 4.79 Å². The van der Waals surface area contributed by atoms with Crippen molar-refractivity contribution in [2.75, 3.05) is 13.1 Å². The van der Waals surface area contributed by atoms with Crippen molar-refractivity contribution < 1.29 is 9.90 Å². The molecule has 1 aromatic rings. The lowest BCUT2D eigenvalue weighted by Gasteiger charge is -2.37. The number of nitrogens with zero attached hydrogens (tertiary/aromatic N) is 3. The number of aromatic nitrogens is 2. The molecule has 1 aliphatic rings. The monoisotopic (exact) mass is 207 g/mol. The molecule has 80 valence electrons. The quantitative estimate of drug-likeness (QED) is 0.773. The fraction of sp³-hybridized carbons (Fsp3) is 0.500. The summed E-state index contributed by atoms with van der Waals surface area (Å²) < 4.78 is 0.